The molecular weight excluding hydrogens is 374 g/mol. The summed E-state index contributed by atoms with van der Waals surface area (Å²) >= 11 is 0.908. The van der Waals surface area contributed by atoms with E-state index < -0.39 is 5.41 Å². The highest BCUT2D eigenvalue weighted by atomic mass is 32.2. The van der Waals surface area contributed by atoms with Crippen LogP contribution < -0.4 is 5.32 Å². The Morgan fingerprint density at radius 2 is 1.96 bits per heavy atom. The number of thioether (sulfide) groups is 1. The van der Waals surface area contributed by atoms with Crippen molar-refractivity contribution in [3.63, 3.8) is 0 Å². The van der Waals surface area contributed by atoms with Crippen LogP contribution >= 0.6 is 11.8 Å². The minimum absolute atomic E-state index is 0.0448. The number of hydrogen-bond acceptors (Lipinski definition) is 5. The predicted octanol–water partition coefficient (Wildman–Crippen LogP) is 2.97. The van der Waals surface area contributed by atoms with Gasteiger partial charge in [0, 0.05) is 25.5 Å². The van der Waals surface area contributed by atoms with Crippen molar-refractivity contribution in [3.8, 4) is 0 Å². The zero-order chi connectivity index (χ0) is 19.6. The number of imide groups is 1. The van der Waals surface area contributed by atoms with E-state index in [1.807, 2.05) is 36.4 Å². The third-order valence-corrected chi connectivity index (χ3v) is 5.90. The van der Waals surface area contributed by atoms with Crippen LogP contribution in [0, 0.1) is 0 Å². The molecule has 1 N–H and O–H groups in total. The molecule has 0 radical (unpaired) electrons. The monoisotopic (exact) mass is 393 g/mol. The summed E-state index contributed by atoms with van der Waals surface area (Å²) in [6.45, 7) is 0.400. The van der Waals surface area contributed by atoms with Gasteiger partial charge in [-0.3, -0.25) is 24.3 Å². The summed E-state index contributed by atoms with van der Waals surface area (Å²) < 4.78 is 0. The number of nitrogens with one attached hydrogen (secondary N) is 1. The number of benzene rings is 1. The molecule has 1 aromatic heterocycles. The van der Waals surface area contributed by atoms with Crippen molar-refractivity contribution in [1.29, 1.82) is 0 Å². The Labute approximate surface area is 167 Å². The molecule has 0 atom stereocenters. The number of carbonyl (C=O) groups excluding carboxylic acids is 3. The zero-order valence-electron chi connectivity index (χ0n) is 15.1. The van der Waals surface area contributed by atoms with Gasteiger partial charge in [-0.05, 0) is 47.9 Å². The maximum atomic E-state index is 12.6. The van der Waals surface area contributed by atoms with Gasteiger partial charge in [-0.1, -0.05) is 36.4 Å². The zero-order valence-corrected chi connectivity index (χ0v) is 15.9. The average Bonchev–Trinajstić information content (AvgIpc) is 3.49. The lowest BCUT2D eigenvalue weighted by molar-refractivity contribution is -0.125. The maximum absolute atomic E-state index is 12.6. The van der Waals surface area contributed by atoms with Crippen molar-refractivity contribution in [3.05, 3.63) is 70.9 Å². The smallest absolute Gasteiger partial charge is 0.293 e. The molecule has 142 valence electrons. The molecule has 2 heterocycles. The van der Waals surface area contributed by atoms with Gasteiger partial charge in [0.05, 0.1) is 10.3 Å². The minimum Gasteiger partial charge on any atom is -0.354 e. The van der Waals surface area contributed by atoms with Gasteiger partial charge in [0.25, 0.3) is 11.1 Å². The van der Waals surface area contributed by atoms with Gasteiger partial charge >= 0.3 is 0 Å². The molecule has 0 spiro atoms. The van der Waals surface area contributed by atoms with Gasteiger partial charge in [-0.25, -0.2) is 0 Å². The lowest BCUT2D eigenvalue weighted by Gasteiger charge is -2.17. The summed E-state index contributed by atoms with van der Waals surface area (Å²) in [6, 6.07) is 13.3. The largest absolute Gasteiger partial charge is 0.354 e. The van der Waals surface area contributed by atoms with Gasteiger partial charge in [-0.15, -0.1) is 0 Å². The van der Waals surface area contributed by atoms with E-state index in [0.717, 1.165) is 35.7 Å². The SMILES string of the molecule is O=C1SC(=Cc2cccnc2)C(=O)N1CCNC(=O)C1(c2ccccc2)CC1. The molecule has 28 heavy (non-hydrogen) atoms. The number of amides is 3. The highest BCUT2D eigenvalue weighted by Gasteiger charge is 2.51. The molecule has 1 aromatic carbocycles. The Bertz CT molecular complexity index is 940. The fourth-order valence-corrected chi connectivity index (χ4v) is 4.15. The Morgan fingerprint density at radius 1 is 1.18 bits per heavy atom. The molecule has 2 aromatic rings. The van der Waals surface area contributed by atoms with Crippen molar-refractivity contribution in [2.45, 2.75) is 18.3 Å². The van der Waals surface area contributed by atoms with E-state index in [2.05, 4.69) is 10.3 Å². The van der Waals surface area contributed by atoms with E-state index in [4.69, 9.17) is 0 Å². The van der Waals surface area contributed by atoms with Gasteiger partial charge in [0.1, 0.15) is 0 Å². The first kappa shape index (κ1) is 18.4. The molecular formula is C21H19N3O3S. The molecule has 0 unspecified atom stereocenters. The number of aromatic nitrogens is 1. The third kappa shape index (κ3) is 3.57. The van der Waals surface area contributed by atoms with Crippen LogP contribution in [-0.2, 0) is 15.0 Å². The molecule has 6 nitrogen and oxygen atoms in total. The number of pyridine rings is 1. The second-order valence-corrected chi connectivity index (χ2v) is 7.82. The first-order chi connectivity index (χ1) is 13.6. The summed E-state index contributed by atoms with van der Waals surface area (Å²) in [5, 5.41) is 2.57. The Balaban J connectivity index is 1.35. The van der Waals surface area contributed by atoms with Crippen LogP contribution in [0.3, 0.4) is 0 Å². The molecule has 0 bridgehead atoms. The van der Waals surface area contributed by atoms with E-state index in [-0.39, 0.29) is 30.1 Å². The van der Waals surface area contributed by atoms with Gasteiger partial charge < -0.3 is 5.32 Å². The normalized spacial score (nSPS) is 19.1. The van der Waals surface area contributed by atoms with Gasteiger partial charge in [-0.2, -0.15) is 0 Å². The first-order valence-corrected chi connectivity index (χ1v) is 9.91. The second kappa shape index (κ2) is 7.59. The van der Waals surface area contributed by atoms with E-state index in [0.29, 0.717) is 4.91 Å². The van der Waals surface area contributed by atoms with Crippen LogP contribution in [-0.4, -0.2) is 40.0 Å². The first-order valence-electron chi connectivity index (χ1n) is 9.09. The summed E-state index contributed by atoms with van der Waals surface area (Å²) in [7, 11) is 0. The highest BCUT2D eigenvalue weighted by Crippen LogP contribution is 2.48. The second-order valence-electron chi connectivity index (χ2n) is 6.82. The summed E-state index contributed by atoms with van der Waals surface area (Å²) in [5.41, 5.74) is 1.32. The number of hydrogen-bond donors (Lipinski definition) is 1. The van der Waals surface area contributed by atoms with Crippen LogP contribution in [0.2, 0.25) is 0 Å². The fourth-order valence-electron chi connectivity index (χ4n) is 3.28. The van der Waals surface area contributed by atoms with Crippen molar-refractivity contribution < 1.29 is 14.4 Å². The topological polar surface area (TPSA) is 79.4 Å². The lowest BCUT2D eigenvalue weighted by Crippen LogP contribution is -2.41. The molecule has 7 heteroatoms. The number of rotatable bonds is 6. The quantitative estimate of drug-likeness (QED) is 0.764. The third-order valence-electron chi connectivity index (χ3n) is 4.99. The molecule has 1 aliphatic heterocycles. The molecule has 4 rings (SSSR count). The van der Waals surface area contributed by atoms with E-state index >= 15 is 0 Å². The van der Waals surface area contributed by atoms with Gasteiger partial charge in [0.15, 0.2) is 0 Å². The molecule has 1 saturated carbocycles. The Morgan fingerprint density at radius 3 is 2.64 bits per heavy atom. The molecule has 3 amide bonds. The predicted molar refractivity (Wildman–Crippen MR) is 107 cm³/mol. The fraction of sp³-hybridized carbons (Fsp3) is 0.238. The van der Waals surface area contributed by atoms with E-state index in [9.17, 15) is 14.4 Å². The molecule has 2 fully saturated rings. The van der Waals surface area contributed by atoms with Crippen molar-refractivity contribution in [2.24, 2.45) is 0 Å². The van der Waals surface area contributed by atoms with Crippen molar-refractivity contribution in [1.82, 2.24) is 15.2 Å². The molecule has 1 aliphatic carbocycles. The Kier molecular flexibility index (Phi) is 5.00. The summed E-state index contributed by atoms with van der Waals surface area (Å²) in [5.74, 6) is -0.381. The van der Waals surface area contributed by atoms with Crippen molar-refractivity contribution in [2.75, 3.05) is 13.1 Å². The van der Waals surface area contributed by atoms with Gasteiger partial charge in [0.2, 0.25) is 5.91 Å². The van der Waals surface area contributed by atoms with E-state index in [1.165, 1.54) is 4.90 Å². The summed E-state index contributed by atoms with van der Waals surface area (Å²) in [4.78, 5) is 42.9. The van der Waals surface area contributed by atoms with Crippen LogP contribution in [0.4, 0.5) is 4.79 Å². The minimum atomic E-state index is -0.458. The average molecular weight is 393 g/mol. The van der Waals surface area contributed by atoms with Crippen LogP contribution in [0.5, 0.6) is 0 Å². The molecule has 1 saturated heterocycles. The van der Waals surface area contributed by atoms with Crippen LogP contribution in [0.25, 0.3) is 6.08 Å². The van der Waals surface area contributed by atoms with Crippen LogP contribution in [0.1, 0.15) is 24.0 Å². The Hall–Kier alpha value is -2.93. The van der Waals surface area contributed by atoms with Crippen LogP contribution in [0.15, 0.2) is 59.8 Å². The number of carbonyl (C=O) groups is 3. The maximum Gasteiger partial charge on any atom is 0.293 e. The lowest BCUT2D eigenvalue weighted by atomic mass is 9.95. The highest BCUT2D eigenvalue weighted by molar-refractivity contribution is 8.18. The molecule has 2 aliphatic rings. The van der Waals surface area contributed by atoms with E-state index in [1.54, 1.807) is 24.5 Å². The summed E-state index contributed by atoms with van der Waals surface area (Å²) in [6.07, 6.45) is 6.57. The number of nitrogens with zero attached hydrogens (tertiary/aromatic N) is 2. The van der Waals surface area contributed by atoms with Crippen molar-refractivity contribution >= 4 is 34.9 Å². The standard InChI is InChI=1S/C21H19N3O3S/c25-18-17(13-15-5-4-10-22-14-15)28-20(27)24(18)12-11-23-19(26)21(8-9-21)16-6-2-1-3-7-16/h1-7,10,13-14H,8-9,11-12H2,(H,23,26).